The van der Waals surface area contributed by atoms with E-state index < -0.39 is 108 Å². The van der Waals surface area contributed by atoms with E-state index in [4.69, 9.17) is 22.9 Å². The average molecular weight is 1020 g/mol. The Morgan fingerprint density at radius 3 is 1.75 bits per heavy atom. The van der Waals surface area contributed by atoms with E-state index in [1.165, 1.54) is 43.7 Å². The molecule has 0 fully saturated rings. The maximum Gasteiger partial charge on any atom is 0.326 e. The van der Waals surface area contributed by atoms with Crippen molar-refractivity contribution in [2.45, 2.75) is 147 Å². The Bertz CT molecular complexity index is 2140. The summed E-state index contributed by atoms with van der Waals surface area (Å²) < 4.78 is 0. The maximum absolute atomic E-state index is 14.2. The largest absolute Gasteiger partial charge is 0.508 e. The zero-order valence-corrected chi connectivity index (χ0v) is 41.4. The molecule has 0 unspecified atom stereocenters. The van der Waals surface area contributed by atoms with Gasteiger partial charge in [-0.25, -0.2) is 9.78 Å². The number of imidazole rings is 1. The first-order chi connectivity index (χ1) is 33.9. The summed E-state index contributed by atoms with van der Waals surface area (Å²) in [7, 11) is 0. The molecule has 0 spiro atoms. The molecule has 400 valence electrons. The minimum atomic E-state index is -1.89. The number of H-pyrrole nitrogens is 1. The van der Waals surface area contributed by atoms with E-state index in [1.807, 2.05) is 20.8 Å². The number of aliphatic imine (C=N–C) groups is 1. The molecule has 1 aromatic heterocycles. The minimum Gasteiger partial charge on any atom is -0.508 e. The van der Waals surface area contributed by atoms with Crippen molar-refractivity contribution in [1.82, 2.24) is 47.2 Å². The lowest BCUT2D eigenvalue weighted by Crippen LogP contribution is -2.60. The summed E-state index contributed by atoms with van der Waals surface area (Å²) in [5, 5.41) is 47.1. The van der Waals surface area contributed by atoms with E-state index in [0.717, 1.165) is 0 Å². The maximum atomic E-state index is 14.2. The molecule has 19 N–H and O–H groups in total. The Balaban J connectivity index is 2.44. The van der Waals surface area contributed by atoms with Crippen LogP contribution >= 0.6 is 0 Å². The lowest BCUT2D eigenvalue weighted by molar-refractivity contribution is -0.143. The first kappa shape index (κ1) is 60.8. The Kier molecular flexibility index (Phi) is 26.2. The molecular formula is C46H74N14O12. The van der Waals surface area contributed by atoms with Crippen LogP contribution in [0.1, 0.15) is 97.2 Å². The van der Waals surface area contributed by atoms with Crippen LogP contribution in [0, 0.1) is 11.8 Å². The number of benzene rings is 1. The number of hydrogen-bond acceptors (Lipinski definition) is 14. The van der Waals surface area contributed by atoms with Gasteiger partial charge in [-0.1, -0.05) is 46.2 Å². The highest BCUT2D eigenvalue weighted by Crippen LogP contribution is 2.14. The molecule has 72 heavy (non-hydrogen) atoms. The number of phenolic OH excluding ortho intramolecular Hbond substituents is 1. The van der Waals surface area contributed by atoms with Gasteiger partial charge in [0.05, 0.1) is 18.8 Å². The van der Waals surface area contributed by atoms with E-state index in [2.05, 4.69) is 52.2 Å². The number of hydrogen-bond donors (Lipinski definition) is 15. The topological polar surface area (TPSA) is 444 Å². The van der Waals surface area contributed by atoms with Gasteiger partial charge in [-0.05, 0) is 81.5 Å². The third kappa shape index (κ3) is 22.2. The number of nitrogens with two attached hydrogens (primary N) is 4. The van der Waals surface area contributed by atoms with Crippen molar-refractivity contribution >= 4 is 59.2 Å². The van der Waals surface area contributed by atoms with Crippen LogP contribution in [0.15, 0.2) is 41.8 Å². The first-order valence-electron chi connectivity index (χ1n) is 23.8. The van der Waals surface area contributed by atoms with E-state index >= 15 is 0 Å². The molecule has 0 bridgehead atoms. The van der Waals surface area contributed by atoms with Gasteiger partial charge in [0, 0.05) is 31.3 Å². The van der Waals surface area contributed by atoms with Crippen molar-refractivity contribution in [3.63, 3.8) is 0 Å². The molecule has 0 saturated carbocycles. The predicted octanol–water partition coefficient (Wildman–Crippen LogP) is -2.52. The second kappa shape index (κ2) is 31.1. The number of unbranched alkanes of at least 4 members (excludes halogenated alkanes) is 1. The van der Waals surface area contributed by atoms with Gasteiger partial charge in [0.2, 0.25) is 41.4 Å². The first-order valence-corrected chi connectivity index (χ1v) is 23.8. The number of carboxylic acids is 2. The Morgan fingerprint density at radius 2 is 1.19 bits per heavy atom. The molecule has 0 aliphatic heterocycles. The third-order valence-electron chi connectivity index (χ3n) is 11.4. The zero-order valence-electron chi connectivity index (χ0n) is 41.4. The number of carbonyl (C=O) groups is 9. The van der Waals surface area contributed by atoms with Crippen LogP contribution < -0.4 is 60.2 Å². The van der Waals surface area contributed by atoms with Crippen LogP contribution in [-0.4, -0.2) is 146 Å². The number of guanidine groups is 1. The van der Waals surface area contributed by atoms with E-state index in [9.17, 15) is 58.5 Å². The fourth-order valence-corrected chi connectivity index (χ4v) is 7.06. The molecule has 7 amide bonds. The molecule has 0 aliphatic rings. The van der Waals surface area contributed by atoms with Crippen molar-refractivity contribution in [3.8, 4) is 5.75 Å². The van der Waals surface area contributed by atoms with Crippen LogP contribution in [0.25, 0.3) is 0 Å². The van der Waals surface area contributed by atoms with Gasteiger partial charge in [-0.2, -0.15) is 0 Å². The third-order valence-corrected chi connectivity index (χ3v) is 11.4. The van der Waals surface area contributed by atoms with Gasteiger partial charge in [0.15, 0.2) is 5.96 Å². The van der Waals surface area contributed by atoms with Crippen molar-refractivity contribution in [1.29, 1.82) is 0 Å². The van der Waals surface area contributed by atoms with Crippen LogP contribution in [0.2, 0.25) is 0 Å². The van der Waals surface area contributed by atoms with Crippen LogP contribution in [-0.2, 0) is 56.0 Å². The number of carboxylic acid groups (broad SMARTS) is 2. The minimum absolute atomic E-state index is 0.00257. The number of aromatic hydroxyl groups is 1. The molecule has 0 radical (unpaired) electrons. The fourth-order valence-electron chi connectivity index (χ4n) is 7.06. The molecule has 1 heterocycles. The van der Waals surface area contributed by atoms with Gasteiger partial charge < -0.3 is 80.5 Å². The highest BCUT2D eigenvalue weighted by Gasteiger charge is 2.35. The molecule has 9 atom stereocenters. The number of nitrogens with zero attached hydrogens (tertiary/aromatic N) is 2. The summed E-state index contributed by atoms with van der Waals surface area (Å²) in [6.45, 7) is 8.96. The summed E-state index contributed by atoms with van der Waals surface area (Å²) in [6.07, 6.45) is 2.70. The van der Waals surface area contributed by atoms with Crippen molar-refractivity contribution in [2.24, 2.45) is 39.8 Å². The molecule has 2 aromatic rings. The van der Waals surface area contributed by atoms with E-state index in [-0.39, 0.29) is 75.2 Å². The Hall–Kier alpha value is -7.35. The number of aliphatic carboxylic acids is 2. The zero-order chi connectivity index (χ0) is 54.1. The Morgan fingerprint density at radius 1 is 0.667 bits per heavy atom. The summed E-state index contributed by atoms with van der Waals surface area (Å²) in [5.41, 5.74) is 23.4. The highest BCUT2D eigenvalue weighted by molar-refractivity contribution is 5.98. The van der Waals surface area contributed by atoms with E-state index in [1.54, 1.807) is 6.92 Å². The number of aromatic amines is 1. The summed E-state index contributed by atoms with van der Waals surface area (Å²) in [5.74, 6) is -9.71. The van der Waals surface area contributed by atoms with Gasteiger partial charge in [-0.3, -0.25) is 43.3 Å². The van der Waals surface area contributed by atoms with Gasteiger partial charge in [-0.15, -0.1) is 0 Å². The Labute approximate surface area is 417 Å². The molecule has 0 saturated heterocycles. The van der Waals surface area contributed by atoms with Crippen molar-refractivity contribution in [3.05, 3.63) is 48.0 Å². The lowest BCUT2D eigenvalue weighted by Gasteiger charge is -2.27. The second-order valence-electron chi connectivity index (χ2n) is 18.0. The number of amides is 7. The van der Waals surface area contributed by atoms with Crippen LogP contribution in [0.4, 0.5) is 0 Å². The summed E-state index contributed by atoms with van der Waals surface area (Å²) in [6, 6.07) is -5.50. The number of rotatable bonds is 33. The summed E-state index contributed by atoms with van der Waals surface area (Å²) in [4.78, 5) is 131. The molecule has 26 nitrogen and oxygen atoms in total. The fraction of sp³-hybridized carbons (Fsp3) is 0.587. The number of carbonyl (C=O) groups excluding carboxylic acids is 7. The number of aromatic nitrogens is 2. The SMILES string of the molecule is CC[C@H](C)[C@H](N)C(=O)N[C@@H](CC(C)C)C(=O)N[C@@H](C)C(=O)N[C@@H](Cc1cnc[nH]1)C(=O)N[C@@H](CCCN=C(N)N)C(=O)N[C@@H](CC(=O)O)C(=O)N[C@@H](Cc1ccc(O)cc1)C(=O)N[C@@H](CCCCN)C(=O)O. The van der Waals surface area contributed by atoms with Crippen molar-refractivity contribution in [2.75, 3.05) is 13.1 Å². The van der Waals surface area contributed by atoms with Gasteiger partial charge in [0.25, 0.3) is 0 Å². The second-order valence-corrected chi connectivity index (χ2v) is 18.0. The quantitative estimate of drug-likeness (QED) is 0.0199. The average Bonchev–Trinajstić information content (AvgIpc) is 3.84. The smallest absolute Gasteiger partial charge is 0.326 e. The molecule has 2 rings (SSSR count). The molecule has 1 aromatic carbocycles. The predicted molar refractivity (Wildman–Crippen MR) is 263 cm³/mol. The molecule has 26 heteroatoms. The lowest BCUT2D eigenvalue weighted by atomic mass is 9.97. The highest BCUT2D eigenvalue weighted by atomic mass is 16.4. The van der Waals surface area contributed by atoms with Crippen molar-refractivity contribution < 1.29 is 58.5 Å². The molecule has 0 aliphatic carbocycles. The molecular weight excluding hydrogens is 941 g/mol. The number of nitrogens with one attached hydrogen (secondary N) is 8. The summed E-state index contributed by atoms with van der Waals surface area (Å²) >= 11 is 0. The van der Waals surface area contributed by atoms with Crippen LogP contribution in [0.5, 0.6) is 5.75 Å². The standard InChI is InChI=1S/C46H74N14O12/c1-6-25(4)37(48)44(70)60-32(18-24(2)3)40(66)54-26(5)38(64)57-34(20-28-22-51-23-53-28)42(68)55-30(11-9-17-52-46(49)50)39(65)59-35(21-36(62)63)43(69)58-33(19-27-12-14-29(61)15-13-27)41(67)56-31(45(71)72)10-7-8-16-47/h12-15,22-26,30-35,37,61H,6-11,16-21,47-48H2,1-5H3,(H,51,53)(H,54,66)(H,55,68)(H,56,67)(H,57,64)(H,58,69)(H,59,65)(H,60,70)(H,62,63)(H,71,72)(H4,49,50,52)/t25-,26-,30-,31-,32-,33-,34-,35-,37-/m0/s1. The number of phenols is 1. The monoisotopic (exact) mass is 1010 g/mol. The normalized spacial score (nSPS) is 14.8. The van der Waals surface area contributed by atoms with Crippen LogP contribution in [0.3, 0.4) is 0 Å². The van der Waals surface area contributed by atoms with Gasteiger partial charge in [0.1, 0.15) is 48.0 Å². The van der Waals surface area contributed by atoms with Gasteiger partial charge >= 0.3 is 11.9 Å². The van der Waals surface area contributed by atoms with E-state index in [0.29, 0.717) is 30.5 Å².